The molecule has 0 bridgehead atoms. The van der Waals surface area contributed by atoms with Gasteiger partial charge in [0.2, 0.25) is 5.91 Å². The molecule has 26 heavy (non-hydrogen) atoms. The molecule has 0 atom stereocenters. The number of aryl methyl sites for hydroxylation is 2. The third-order valence-corrected chi connectivity index (χ3v) is 4.80. The van der Waals surface area contributed by atoms with E-state index in [9.17, 15) is 4.79 Å². The zero-order valence-corrected chi connectivity index (χ0v) is 15.5. The fourth-order valence-electron chi connectivity index (χ4n) is 3.35. The fraction of sp³-hybridized carbons (Fsp3) is 0.286. The standard InChI is InChI=1S/C21H24ClN3O/c22-18-11-10-17-9-8-16-5-1-2-6-19(16)25(20(17)15-18)14-4-13-24-12-3-7-21(23)26/h1-3,5-7,10-11,15,24H,4,8-9,12-14H2,(H2,23,26)/b7-3+. The van der Waals surface area contributed by atoms with E-state index in [0.717, 1.165) is 37.4 Å². The average Bonchev–Trinajstić information content (AvgIpc) is 2.78. The van der Waals surface area contributed by atoms with Crippen molar-refractivity contribution in [1.82, 2.24) is 5.32 Å². The number of anilines is 2. The number of hydrogen-bond acceptors (Lipinski definition) is 3. The summed E-state index contributed by atoms with van der Waals surface area (Å²) in [6, 6.07) is 14.8. The Hall–Kier alpha value is -2.30. The number of fused-ring (bicyclic) bond motifs is 2. The molecule has 3 N–H and O–H groups in total. The first-order chi connectivity index (χ1) is 12.6. The number of para-hydroxylation sites is 1. The largest absolute Gasteiger partial charge is 0.366 e. The summed E-state index contributed by atoms with van der Waals surface area (Å²) in [5.41, 5.74) is 10.3. The van der Waals surface area contributed by atoms with Gasteiger partial charge in [0, 0.05) is 29.5 Å². The molecule has 0 spiro atoms. The summed E-state index contributed by atoms with van der Waals surface area (Å²) in [7, 11) is 0. The molecule has 1 aliphatic rings. The molecule has 0 aliphatic carbocycles. The second-order valence-corrected chi connectivity index (χ2v) is 6.85. The minimum absolute atomic E-state index is 0.415. The number of hydrogen-bond donors (Lipinski definition) is 2. The maximum atomic E-state index is 10.7. The van der Waals surface area contributed by atoms with E-state index in [1.165, 1.54) is 28.6 Å². The normalized spacial score (nSPS) is 13.3. The molecule has 136 valence electrons. The van der Waals surface area contributed by atoms with Crippen molar-refractivity contribution in [2.24, 2.45) is 5.73 Å². The predicted molar refractivity (Wildman–Crippen MR) is 108 cm³/mol. The van der Waals surface area contributed by atoms with Gasteiger partial charge in [-0.1, -0.05) is 41.9 Å². The van der Waals surface area contributed by atoms with Crippen molar-refractivity contribution in [3.63, 3.8) is 0 Å². The van der Waals surface area contributed by atoms with Crippen molar-refractivity contribution < 1.29 is 4.79 Å². The molecule has 0 saturated carbocycles. The SMILES string of the molecule is NC(=O)/C=C/CNCCCN1c2ccccc2CCc2ccc(Cl)cc21. The van der Waals surface area contributed by atoms with Crippen molar-refractivity contribution in [3.05, 3.63) is 70.8 Å². The highest BCUT2D eigenvalue weighted by molar-refractivity contribution is 6.30. The lowest BCUT2D eigenvalue weighted by molar-refractivity contribution is -0.113. The Morgan fingerprint density at radius 2 is 1.92 bits per heavy atom. The van der Waals surface area contributed by atoms with E-state index in [1.807, 2.05) is 6.07 Å². The predicted octanol–water partition coefficient (Wildman–Crippen LogP) is 3.60. The zero-order chi connectivity index (χ0) is 18.4. The van der Waals surface area contributed by atoms with Crippen LogP contribution in [0, 0.1) is 0 Å². The van der Waals surface area contributed by atoms with Crippen LogP contribution >= 0.6 is 11.6 Å². The van der Waals surface area contributed by atoms with Crippen LogP contribution in [0.2, 0.25) is 5.02 Å². The van der Waals surface area contributed by atoms with Crippen LogP contribution in [-0.2, 0) is 17.6 Å². The van der Waals surface area contributed by atoms with E-state index in [1.54, 1.807) is 6.08 Å². The third-order valence-electron chi connectivity index (χ3n) is 4.56. The smallest absolute Gasteiger partial charge is 0.241 e. The highest BCUT2D eigenvalue weighted by atomic mass is 35.5. The summed E-state index contributed by atoms with van der Waals surface area (Å²) >= 11 is 6.28. The molecule has 0 unspecified atom stereocenters. The molecule has 4 nitrogen and oxygen atoms in total. The lowest BCUT2D eigenvalue weighted by Gasteiger charge is -2.27. The van der Waals surface area contributed by atoms with Gasteiger partial charge in [-0.2, -0.15) is 0 Å². The van der Waals surface area contributed by atoms with Gasteiger partial charge in [-0.15, -0.1) is 0 Å². The number of halogens is 1. The van der Waals surface area contributed by atoms with E-state index in [2.05, 4.69) is 46.6 Å². The summed E-state index contributed by atoms with van der Waals surface area (Å²) in [6.07, 6.45) is 6.17. The first-order valence-corrected chi connectivity index (χ1v) is 9.33. The number of benzene rings is 2. The van der Waals surface area contributed by atoms with Gasteiger partial charge < -0.3 is 16.0 Å². The molecule has 1 amide bonds. The summed E-state index contributed by atoms with van der Waals surface area (Å²) < 4.78 is 0. The number of rotatable bonds is 7. The van der Waals surface area contributed by atoms with Gasteiger partial charge in [-0.25, -0.2) is 0 Å². The summed E-state index contributed by atoms with van der Waals surface area (Å²) in [4.78, 5) is 13.1. The Morgan fingerprint density at radius 1 is 1.15 bits per heavy atom. The van der Waals surface area contributed by atoms with Gasteiger partial charge in [0.15, 0.2) is 0 Å². The molecule has 1 aliphatic heterocycles. The maximum Gasteiger partial charge on any atom is 0.241 e. The molecule has 0 radical (unpaired) electrons. The Bertz CT molecular complexity index is 804. The van der Waals surface area contributed by atoms with Crippen LogP contribution in [0.1, 0.15) is 17.5 Å². The van der Waals surface area contributed by atoms with Crippen LogP contribution in [0.25, 0.3) is 0 Å². The van der Waals surface area contributed by atoms with Crippen molar-refractivity contribution >= 4 is 28.9 Å². The van der Waals surface area contributed by atoms with Gasteiger partial charge in [-0.3, -0.25) is 4.79 Å². The molecule has 2 aromatic rings. The van der Waals surface area contributed by atoms with Gasteiger partial charge in [0.1, 0.15) is 0 Å². The maximum absolute atomic E-state index is 10.7. The zero-order valence-electron chi connectivity index (χ0n) is 14.7. The quantitative estimate of drug-likeness (QED) is 0.579. The molecule has 0 aromatic heterocycles. The van der Waals surface area contributed by atoms with Gasteiger partial charge >= 0.3 is 0 Å². The fourth-order valence-corrected chi connectivity index (χ4v) is 3.51. The van der Waals surface area contributed by atoms with Crippen molar-refractivity contribution in [2.75, 3.05) is 24.5 Å². The van der Waals surface area contributed by atoms with E-state index in [-0.39, 0.29) is 0 Å². The number of nitrogens with one attached hydrogen (secondary N) is 1. The van der Waals surface area contributed by atoms with Crippen LogP contribution < -0.4 is 16.0 Å². The van der Waals surface area contributed by atoms with Crippen molar-refractivity contribution in [1.29, 1.82) is 0 Å². The first-order valence-electron chi connectivity index (χ1n) is 8.96. The number of primary amides is 1. The Morgan fingerprint density at radius 3 is 2.73 bits per heavy atom. The molecule has 0 saturated heterocycles. The highest BCUT2D eigenvalue weighted by Crippen LogP contribution is 2.37. The second kappa shape index (κ2) is 8.88. The Balaban J connectivity index is 1.71. The van der Waals surface area contributed by atoms with E-state index < -0.39 is 5.91 Å². The second-order valence-electron chi connectivity index (χ2n) is 6.42. The Kier molecular flexibility index (Phi) is 6.31. The molecule has 2 aromatic carbocycles. The van der Waals surface area contributed by atoms with Crippen LogP contribution in [0.5, 0.6) is 0 Å². The monoisotopic (exact) mass is 369 g/mol. The average molecular weight is 370 g/mol. The number of carbonyl (C=O) groups is 1. The van der Waals surface area contributed by atoms with Crippen molar-refractivity contribution in [2.45, 2.75) is 19.3 Å². The minimum Gasteiger partial charge on any atom is -0.366 e. The summed E-state index contributed by atoms with van der Waals surface area (Å²) in [5, 5.41) is 4.07. The number of amides is 1. The van der Waals surface area contributed by atoms with E-state index in [4.69, 9.17) is 17.3 Å². The van der Waals surface area contributed by atoms with Crippen LogP contribution in [0.4, 0.5) is 11.4 Å². The molecular formula is C21H24ClN3O. The minimum atomic E-state index is -0.415. The van der Waals surface area contributed by atoms with Gasteiger partial charge in [-0.05, 0) is 61.2 Å². The van der Waals surface area contributed by atoms with Crippen LogP contribution in [-0.4, -0.2) is 25.5 Å². The topological polar surface area (TPSA) is 58.4 Å². The Labute approximate surface area is 159 Å². The van der Waals surface area contributed by atoms with Crippen molar-refractivity contribution in [3.8, 4) is 0 Å². The van der Waals surface area contributed by atoms with E-state index >= 15 is 0 Å². The molecule has 1 heterocycles. The van der Waals surface area contributed by atoms with Gasteiger partial charge in [0.05, 0.1) is 0 Å². The first kappa shape index (κ1) is 18.5. The molecule has 0 fully saturated rings. The lowest BCUT2D eigenvalue weighted by Crippen LogP contribution is -2.24. The number of carbonyl (C=O) groups excluding carboxylic acids is 1. The molecule has 5 heteroatoms. The highest BCUT2D eigenvalue weighted by Gasteiger charge is 2.20. The number of nitrogens with two attached hydrogens (primary N) is 1. The van der Waals surface area contributed by atoms with E-state index in [0.29, 0.717) is 6.54 Å². The molecule has 3 rings (SSSR count). The summed E-state index contributed by atoms with van der Waals surface area (Å²) in [5.74, 6) is -0.415. The third kappa shape index (κ3) is 4.65. The molecular weight excluding hydrogens is 346 g/mol. The lowest BCUT2D eigenvalue weighted by atomic mass is 10.0. The van der Waals surface area contributed by atoms with Crippen LogP contribution in [0.15, 0.2) is 54.6 Å². The van der Waals surface area contributed by atoms with Crippen LogP contribution in [0.3, 0.4) is 0 Å². The summed E-state index contributed by atoms with van der Waals surface area (Å²) in [6.45, 7) is 2.40. The van der Waals surface area contributed by atoms with Gasteiger partial charge in [0.25, 0.3) is 0 Å². The number of nitrogens with zero attached hydrogens (tertiary/aromatic N) is 1.